The number of anilines is 1. The van der Waals surface area contributed by atoms with Gasteiger partial charge < -0.3 is 15.2 Å². The van der Waals surface area contributed by atoms with Crippen molar-refractivity contribution in [1.82, 2.24) is 20.1 Å². The first-order valence-electron chi connectivity index (χ1n) is 9.61. The van der Waals surface area contributed by atoms with E-state index in [0.29, 0.717) is 11.0 Å². The van der Waals surface area contributed by atoms with Gasteiger partial charge in [0.15, 0.2) is 11.0 Å². The van der Waals surface area contributed by atoms with Crippen molar-refractivity contribution >= 4 is 29.3 Å². The van der Waals surface area contributed by atoms with E-state index in [4.69, 9.17) is 0 Å². The second kappa shape index (κ2) is 10.0. The maximum Gasteiger partial charge on any atom is 0.416 e. The highest BCUT2D eigenvalue weighted by molar-refractivity contribution is 7.99. The third-order valence-corrected chi connectivity index (χ3v) is 5.55. The molecule has 0 radical (unpaired) electrons. The van der Waals surface area contributed by atoms with Gasteiger partial charge in [0.2, 0.25) is 5.91 Å². The Bertz CT molecular complexity index is 1170. The van der Waals surface area contributed by atoms with Crippen LogP contribution in [0.25, 0.3) is 0 Å². The van der Waals surface area contributed by atoms with Crippen molar-refractivity contribution in [3.05, 3.63) is 71.3 Å². The van der Waals surface area contributed by atoms with Crippen molar-refractivity contribution in [2.45, 2.75) is 24.3 Å². The van der Waals surface area contributed by atoms with E-state index in [1.165, 1.54) is 30.3 Å². The summed E-state index contributed by atoms with van der Waals surface area (Å²) >= 11 is 1.02. The molecule has 0 saturated heterocycles. The summed E-state index contributed by atoms with van der Waals surface area (Å²) in [5, 5.41) is 13.4. The van der Waals surface area contributed by atoms with E-state index in [2.05, 4.69) is 20.8 Å². The van der Waals surface area contributed by atoms with Crippen LogP contribution in [0.3, 0.4) is 0 Å². The Morgan fingerprint density at radius 1 is 1.12 bits per heavy atom. The zero-order valence-electron chi connectivity index (χ0n) is 17.5. The highest BCUT2D eigenvalue weighted by Crippen LogP contribution is 2.30. The number of hydrogen-bond donors (Lipinski definition) is 2. The van der Waals surface area contributed by atoms with Crippen molar-refractivity contribution in [1.29, 1.82) is 0 Å². The minimum atomic E-state index is -4.51. The quantitative estimate of drug-likeness (QED) is 0.390. The molecule has 3 aromatic rings. The number of alkyl halides is 3. The van der Waals surface area contributed by atoms with Gasteiger partial charge in [0.1, 0.15) is 5.82 Å². The first kappa shape index (κ1) is 24.2. The van der Waals surface area contributed by atoms with Crippen LogP contribution in [0.2, 0.25) is 0 Å². The fourth-order valence-corrected chi connectivity index (χ4v) is 3.63. The number of aromatic nitrogens is 3. The Morgan fingerprint density at radius 2 is 1.85 bits per heavy atom. The van der Waals surface area contributed by atoms with Crippen LogP contribution in [0.5, 0.6) is 0 Å². The minimum absolute atomic E-state index is 0.0264. The molecular weight excluding hydrogens is 462 g/mol. The summed E-state index contributed by atoms with van der Waals surface area (Å²) in [6.07, 6.45) is -4.51. The number of carbonyl (C=O) groups excluding carboxylic acids is 2. The standard InChI is InChI=1S/C21H19F4N5O2S/c1-12(26-19(32)15-8-3-4-9-16(15)22)18-28-29-20(30(18)2)33-11-17(31)27-14-7-5-6-13(10-14)21(23,24)25/h3-10,12H,11H2,1-2H3,(H,26,32)(H,27,31)/t12-/m1/s1. The van der Waals surface area contributed by atoms with Gasteiger partial charge in [-0.25, -0.2) is 4.39 Å². The van der Waals surface area contributed by atoms with Gasteiger partial charge in [-0.3, -0.25) is 9.59 Å². The highest BCUT2D eigenvalue weighted by atomic mass is 32.2. The second-order valence-electron chi connectivity index (χ2n) is 6.99. The lowest BCUT2D eigenvalue weighted by atomic mass is 10.2. The van der Waals surface area contributed by atoms with Crippen LogP contribution in [0.15, 0.2) is 53.7 Å². The molecule has 12 heteroatoms. The molecule has 0 aliphatic carbocycles. The number of rotatable bonds is 7. The molecule has 7 nitrogen and oxygen atoms in total. The van der Waals surface area contributed by atoms with Crippen molar-refractivity contribution < 1.29 is 27.2 Å². The van der Waals surface area contributed by atoms with E-state index >= 15 is 0 Å². The summed E-state index contributed by atoms with van der Waals surface area (Å²) in [4.78, 5) is 24.5. The maximum atomic E-state index is 13.8. The van der Waals surface area contributed by atoms with E-state index < -0.39 is 35.4 Å². The zero-order chi connectivity index (χ0) is 24.2. The molecule has 2 amide bonds. The predicted molar refractivity (Wildman–Crippen MR) is 114 cm³/mol. The molecule has 1 atom stereocenters. The predicted octanol–water partition coefficient (Wildman–Crippen LogP) is 4.19. The summed E-state index contributed by atoms with van der Waals surface area (Å²) in [5.41, 5.74) is -0.941. The number of amides is 2. The molecule has 0 saturated carbocycles. The Kier molecular flexibility index (Phi) is 7.36. The summed E-state index contributed by atoms with van der Waals surface area (Å²) in [5.74, 6) is -1.54. The van der Waals surface area contributed by atoms with E-state index in [-0.39, 0.29) is 17.0 Å². The monoisotopic (exact) mass is 481 g/mol. The summed E-state index contributed by atoms with van der Waals surface area (Å²) in [6, 6.07) is 9.29. The molecule has 0 spiro atoms. The van der Waals surface area contributed by atoms with E-state index in [9.17, 15) is 27.2 Å². The molecule has 1 heterocycles. The molecule has 0 bridgehead atoms. The maximum absolute atomic E-state index is 13.8. The average Bonchev–Trinajstić information content (AvgIpc) is 3.12. The van der Waals surface area contributed by atoms with Gasteiger partial charge in [0.05, 0.1) is 22.9 Å². The van der Waals surface area contributed by atoms with E-state index in [1.807, 2.05) is 0 Å². The largest absolute Gasteiger partial charge is 0.416 e. The number of nitrogens with one attached hydrogen (secondary N) is 2. The Balaban J connectivity index is 1.59. The van der Waals surface area contributed by atoms with Crippen LogP contribution in [0.4, 0.5) is 23.2 Å². The number of benzene rings is 2. The van der Waals surface area contributed by atoms with Crippen molar-refractivity contribution in [3.8, 4) is 0 Å². The normalized spacial score (nSPS) is 12.3. The lowest BCUT2D eigenvalue weighted by molar-refractivity contribution is -0.137. The lowest BCUT2D eigenvalue weighted by Crippen LogP contribution is -2.29. The van der Waals surface area contributed by atoms with Crippen molar-refractivity contribution in [2.24, 2.45) is 7.05 Å². The molecule has 0 aliphatic rings. The van der Waals surface area contributed by atoms with Crippen LogP contribution in [0, 0.1) is 5.82 Å². The van der Waals surface area contributed by atoms with Crippen molar-refractivity contribution in [2.75, 3.05) is 11.1 Å². The molecular formula is C21H19F4N5O2S. The summed E-state index contributed by atoms with van der Waals surface area (Å²) in [6.45, 7) is 1.65. The van der Waals surface area contributed by atoms with Gasteiger partial charge in [0, 0.05) is 12.7 Å². The fourth-order valence-electron chi connectivity index (χ4n) is 2.91. The molecule has 3 rings (SSSR count). The Morgan fingerprint density at radius 3 is 2.55 bits per heavy atom. The van der Waals surface area contributed by atoms with Crippen LogP contribution < -0.4 is 10.6 Å². The SMILES string of the molecule is C[C@@H](NC(=O)c1ccccc1F)c1nnc(SCC(=O)Nc2cccc(C(F)(F)F)c2)n1C. The Hall–Kier alpha value is -3.41. The summed E-state index contributed by atoms with van der Waals surface area (Å²) in [7, 11) is 1.63. The van der Waals surface area contributed by atoms with Crippen LogP contribution >= 0.6 is 11.8 Å². The zero-order valence-corrected chi connectivity index (χ0v) is 18.3. The number of carbonyl (C=O) groups is 2. The number of nitrogens with zero attached hydrogens (tertiary/aromatic N) is 3. The van der Waals surface area contributed by atoms with E-state index in [1.54, 1.807) is 24.6 Å². The van der Waals surface area contributed by atoms with Gasteiger partial charge in [-0.2, -0.15) is 13.2 Å². The molecule has 2 N–H and O–H groups in total. The van der Waals surface area contributed by atoms with Crippen LogP contribution in [0.1, 0.15) is 34.7 Å². The molecule has 0 unspecified atom stereocenters. The van der Waals surface area contributed by atoms with Gasteiger partial charge in [-0.05, 0) is 37.3 Å². The van der Waals surface area contributed by atoms with Gasteiger partial charge in [-0.15, -0.1) is 10.2 Å². The first-order valence-corrected chi connectivity index (χ1v) is 10.6. The van der Waals surface area contributed by atoms with E-state index in [0.717, 1.165) is 23.9 Å². The third kappa shape index (κ3) is 6.09. The van der Waals surface area contributed by atoms with Gasteiger partial charge in [0.25, 0.3) is 5.91 Å². The van der Waals surface area contributed by atoms with Crippen molar-refractivity contribution in [3.63, 3.8) is 0 Å². The van der Waals surface area contributed by atoms with Crippen LogP contribution in [-0.2, 0) is 18.0 Å². The molecule has 33 heavy (non-hydrogen) atoms. The van der Waals surface area contributed by atoms with Crippen LogP contribution in [-0.4, -0.2) is 32.3 Å². The molecule has 2 aromatic carbocycles. The first-order chi connectivity index (χ1) is 15.6. The van der Waals surface area contributed by atoms with Gasteiger partial charge >= 0.3 is 6.18 Å². The second-order valence-corrected chi connectivity index (χ2v) is 7.93. The number of hydrogen-bond acceptors (Lipinski definition) is 5. The van der Waals surface area contributed by atoms with Gasteiger partial charge in [-0.1, -0.05) is 30.0 Å². The molecule has 0 fully saturated rings. The number of halogens is 4. The summed E-state index contributed by atoms with van der Waals surface area (Å²) < 4.78 is 53.8. The number of thioether (sulfide) groups is 1. The topological polar surface area (TPSA) is 88.9 Å². The minimum Gasteiger partial charge on any atom is -0.342 e. The third-order valence-electron chi connectivity index (χ3n) is 4.53. The lowest BCUT2D eigenvalue weighted by Gasteiger charge is -2.14. The average molecular weight is 481 g/mol. The fraction of sp³-hybridized carbons (Fsp3) is 0.238. The molecule has 1 aromatic heterocycles. The highest BCUT2D eigenvalue weighted by Gasteiger charge is 2.30. The Labute approximate surface area is 190 Å². The molecule has 0 aliphatic heterocycles. The smallest absolute Gasteiger partial charge is 0.342 e. The molecule has 174 valence electrons.